The van der Waals surface area contributed by atoms with Crippen LogP contribution in [0.15, 0.2) is 54.9 Å². The van der Waals surface area contributed by atoms with Gasteiger partial charge in [-0.05, 0) is 42.0 Å². The van der Waals surface area contributed by atoms with Crippen LogP contribution in [-0.2, 0) is 0 Å². The summed E-state index contributed by atoms with van der Waals surface area (Å²) < 4.78 is 1.95. The van der Waals surface area contributed by atoms with Crippen LogP contribution < -0.4 is 0 Å². The lowest BCUT2D eigenvalue weighted by molar-refractivity contribution is 0.213. The number of aromatic nitrogens is 2. The standard InChI is InChI=1S/C18H18N2O/c21-18(16-12-20-11-4-3-10-17(20)19-16)15-9-2-1-8-14(15)13-6-5-7-13/h1-4,8-13,18,21H,5-7H2. The Morgan fingerprint density at radius 3 is 2.67 bits per heavy atom. The predicted molar refractivity (Wildman–Crippen MR) is 82.3 cm³/mol. The van der Waals surface area contributed by atoms with Crippen molar-refractivity contribution in [2.75, 3.05) is 0 Å². The molecule has 0 bridgehead atoms. The molecule has 1 saturated carbocycles. The van der Waals surface area contributed by atoms with Crippen molar-refractivity contribution in [1.29, 1.82) is 0 Å². The summed E-state index contributed by atoms with van der Waals surface area (Å²) in [7, 11) is 0. The molecule has 2 heterocycles. The summed E-state index contributed by atoms with van der Waals surface area (Å²) in [5.41, 5.74) is 3.87. The number of aliphatic hydroxyl groups excluding tert-OH is 1. The summed E-state index contributed by atoms with van der Waals surface area (Å²) in [6, 6.07) is 14.1. The Balaban J connectivity index is 1.75. The van der Waals surface area contributed by atoms with Crippen molar-refractivity contribution in [2.24, 2.45) is 0 Å². The van der Waals surface area contributed by atoms with Gasteiger partial charge in [-0.2, -0.15) is 0 Å². The Labute approximate surface area is 123 Å². The van der Waals surface area contributed by atoms with Gasteiger partial charge < -0.3 is 9.51 Å². The van der Waals surface area contributed by atoms with Crippen molar-refractivity contribution in [1.82, 2.24) is 9.38 Å². The highest BCUT2D eigenvalue weighted by atomic mass is 16.3. The molecule has 1 aliphatic carbocycles. The molecule has 0 spiro atoms. The molecule has 0 aliphatic heterocycles. The number of nitrogens with zero attached hydrogens (tertiary/aromatic N) is 2. The van der Waals surface area contributed by atoms with Gasteiger partial charge in [0.1, 0.15) is 11.8 Å². The van der Waals surface area contributed by atoms with E-state index in [2.05, 4.69) is 17.1 Å². The first-order valence-electron chi connectivity index (χ1n) is 7.53. The molecule has 3 aromatic rings. The van der Waals surface area contributed by atoms with Gasteiger partial charge in [-0.1, -0.05) is 36.8 Å². The van der Waals surface area contributed by atoms with Gasteiger partial charge in [0.2, 0.25) is 0 Å². The van der Waals surface area contributed by atoms with E-state index in [1.54, 1.807) is 0 Å². The molecule has 1 aromatic carbocycles. The van der Waals surface area contributed by atoms with Gasteiger partial charge in [0.05, 0.1) is 5.69 Å². The third kappa shape index (κ3) is 2.14. The van der Waals surface area contributed by atoms with E-state index in [9.17, 15) is 5.11 Å². The molecule has 0 radical (unpaired) electrons. The molecular formula is C18H18N2O. The summed E-state index contributed by atoms with van der Waals surface area (Å²) in [5, 5.41) is 10.8. The molecular weight excluding hydrogens is 260 g/mol. The van der Waals surface area contributed by atoms with Crippen LogP contribution in [0.3, 0.4) is 0 Å². The lowest BCUT2D eigenvalue weighted by atomic mass is 9.77. The smallest absolute Gasteiger partial charge is 0.137 e. The maximum atomic E-state index is 10.8. The van der Waals surface area contributed by atoms with Crippen LogP contribution in [0.1, 0.15) is 48.1 Å². The second kappa shape index (κ2) is 5.01. The highest BCUT2D eigenvalue weighted by Crippen LogP contribution is 2.40. The Morgan fingerprint density at radius 1 is 1.10 bits per heavy atom. The second-order valence-corrected chi connectivity index (χ2v) is 5.79. The summed E-state index contributed by atoms with van der Waals surface area (Å²) in [5.74, 6) is 0.605. The summed E-state index contributed by atoms with van der Waals surface area (Å²) in [4.78, 5) is 4.55. The third-order valence-electron chi connectivity index (χ3n) is 4.50. The Bertz CT molecular complexity index is 740. The molecule has 21 heavy (non-hydrogen) atoms. The molecule has 2 aromatic heterocycles. The van der Waals surface area contributed by atoms with Gasteiger partial charge in [0.15, 0.2) is 0 Å². The topological polar surface area (TPSA) is 37.5 Å². The van der Waals surface area contributed by atoms with Crippen LogP contribution in [0.2, 0.25) is 0 Å². The molecule has 4 rings (SSSR count). The van der Waals surface area contributed by atoms with Crippen LogP contribution in [0.4, 0.5) is 0 Å². The fourth-order valence-corrected chi connectivity index (χ4v) is 3.10. The average Bonchev–Trinajstić information content (AvgIpc) is 2.89. The molecule has 1 N–H and O–H groups in total. The van der Waals surface area contributed by atoms with E-state index in [0.717, 1.165) is 11.2 Å². The monoisotopic (exact) mass is 278 g/mol. The van der Waals surface area contributed by atoms with E-state index in [4.69, 9.17) is 0 Å². The molecule has 0 amide bonds. The van der Waals surface area contributed by atoms with Crippen LogP contribution in [0.25, 0.3) is 5.65 Å². The fraction of sp³-hybridized carbons (Fsp3) is 0.278. The normalized spacial score (nSPS) is 16.8. The number of fused-ring (bicyclic) bond motifs is 1. The van der Waals surface area contributed by atoms with Gasteiger partial charge >= 0.3 is 0 Å². The zero-order valence-corrected chi connectivity index (χ0v) is 11.8. The average molecular weight is 278 g/mol. The SMILES string of the molecule is OC(c1cn2ccccc2n1)c1ccccc1C1CCC1. The van der Waals surface area contributed by atoms with E-state index in [-0.39, 0.29) is 0 Å². The van der Waals surface area contributed by atoms with E-state index >= 15 is 0 Å². The van der Waals surface area contributed by atoms with Crippen molar-refractivity contribution in [2.45, 2.75) is 31.3 Å². The molecule has 1 atom stereocenters. The van der Waals surface area contributed by atoms with Crippen molar-refractivity contribution >= 4 is 5.65 Å². The molecule has 106 valence electrons. The van der Waals surface area contributed by atoms with Crippen LogP contribution in [0.5, 0.6) is 0 Å². The minimum atomic E-state index is -0.651. The summed E-state index contributed by atoms with van der Waals surface area (Å²) in [6.07, 6.45) is 6.97. The Hall–Kier alpha value is -2.13. The summed E-state index contributed by atoms with van der Waals surface area (Å²) >= 11 is 0. The van der Waals surface area contributed by atoms with Crippen LogP contribution >= 0.6 is 0 Å². The minimum absolute atomic E-state index is 0.605. The number of hydrogen-bond acceptors (Lipinski definition) is 2. The van der Waals surface area contributed by atoms with Crippen molar-refractivity contribution in [3.05, 3.63) is 71.7 Å². The first-order valence-corrected chi connectivity index (χ1v) is 7.53. The maximum absolute atomic E-state index is 10.8. The van der Waals surface area contributed by atoms with Gasteiger partial charge in [-0.15, -0.1) is 0 Å². The third-order valence-corrected chi connectivity index (χ3v) is 4.50. The number of rotatable bonds is 3. The van der Waals surface area contributed by atoms with Gasteiger partial charge in [0.25, 0.3) is 0 Å². The Morgan fingerprint density at radius 2 is 1.90 bits per heavy atom. The zero-order valence-electron chi connectivity index (χ0n) is 11.8. The van der Waals surface area contributed by atoms with E-state index in [1.165, 1.54) is 24.8 Å². The van der Waals surface area contributed by atoms with Gasteiger partial charge in [-0.3, -0.25) is 0 Å². The van der Waals surface area contributed by atoms with Gasteiger partial charge in [-0.25, -0.2) is 4.98 Å². The zero-order chi connectivity index (χ0) is 14.2. The second-order valence-electron chi connectivity index (χ2n) is 5.79. The lowest BCUT2D eigenvalue weighted by Gasteiger charge is -2.29. The number of aliphatic hydroxyl groups is 1. The molecule has 1 unspecified atom stereocenters. The first kappa shape index (κ1) is 12.6. The Kier molecular flexibility index (Phi) is 3.00. The number of benzene rings is 1. The van der Waals surface area contributed by atoms with E-state index in [0.29, 0.717) is 11.6 Å². The first-order chi connectivity index (χ1) is 10.3. The number of imidazole rings is 1. The van der Waals surface area contributed by atoms with Crippen LogP contribution in [0, 0.1) is 0 Å². The molecule has 1 fully saturated rings. The summed E-state index contributed by atoms with van der Waals surface area (Å²) in [6.45, 7) is 0. The molecule has 3 nitrogen and oxygen atoms in total. The van der Waals surface area contributed by atoms with E-state index in [1.807, 2.05) is 47.1 Å². The minimum Gasteiger partial charge on any atom is -0.382 e. The lowest BCUT2D eigenvalue weighted by Crippen LogP contribution is -2.13. The predicted octanol–water partition coefficient (Wildman–Crippen LogP) is 3.68. The quantitative estimate of drug-likeness (QED) is 0.793. The molecule has 0 saturated heterocycles. The highest BCUT2D eigenvalue weighted by molar-refractivity contribution is 5.43. The molecule has 3 heteroatoms. The number of pyridine rings is 1. The number of hydrogen-bond donors (Lipinski definition) is 1. The molecule has 1 aliphatic rings. The van der Waals surface area contributed by atoms with Crippen LogP contribution in [-0.4, -0.2) is 14.5 Å². The van der Waals surface area contributed by atoms with Crippen molar-refractivity contribution < 1.29 is 5.11 Å². The highest BCUT2D eigenvalue weighted by Gasteiger charge is 2.25. The van der Waals surface area contributed by atoms with Gasteiger partial charge in [0, 0.05) is 12.4 Å². The van der Waals surface area contributed by atoms with Crippen molar-refractivity contribution in [3.63, 3.8) is 0 Å². The fourth-order valence-electron chi connectivity index (χ4n) is 3.10. The van der Waals surface area contributed by atoms with E-state index < -0.39 is 6.10 Å². The largest absolute Gasteiger partial charge is 0.382 e. The van der Waals surface area contributed by atoms with Crippen molar-refractivity contribution in [3.8, 4) is 0 Å². The maximum Gasteiger partial charge on any atom is 0.137 e.